The molecule has 1 unspecified atom stereocenters. The van der Waals surface area contributed by atoms with E-state index >= 15 is 0 Å². The molecule has 1 atom stereocenters. The first-order valence-electron chi connectivity index (χ1n) is 8.61. The highest BCUT2D eigenvalue weighted by molar-refractivity contribution is 6.09. The van der Waals surface area contributed by atoms with E-state index in [1.165, 1.54) is 6.08 Å². The number of carbonyl (C=O) groups excluding carboxylic acids is 2. The highest BCUT2D eigenvalue weighted by Gasteiger charge is 2.36. The molecule has 140 valence electrons. The van der Waals surface area contributed by atoms with Gasteiger partial charge < -0.3 is 14.8 Å². The van der Waals surface area contributed by atoms with Crippen LogP contribution in [0.1, 0.15) is 11.1 Å². The Morgan fingerprint density at radius 1 is 1.11 bits per heavy atom. The molecule has 0 aromatic heterocycles. The van der Waals surface area contributed by atoms with Crippen molar-refractivity contribution in [1.82, 2.24) is 5.32 Å². The molecule has 2 amide bonds. The van der Waals surface area contributed by atoms with E-state index in [4.69, 9.17) is 9.47 Å². The maximum Gasteiger partial charge on any atom is 0.251 e. The number of nitrogens with zero attached hydrogens (tertiary/aromatic N) is 1. The molecule has 3 rings (SSSR count). The van der Waals surface area contributed by atoms with Crippen LogP contribution in [-0.2, 0) is 16.0 Å². The van der Waals surface area contributed by atoms with Gasteiger partial charge in [0.15, 0.2) is 11.5 Å². The van der Waals surface area contributed by atoms with Crippen molar-refractivity contribution < 1.29 is 19.1 Å². The topological polar surface area (TPSA) is 67.9 Å². The summed E-state index contributed by atoms with van der Waals surface area (Å²) < 4.78 is 10.5. The van der Waals surface area contributed by atoms with E-state index in [0.29, 0.717) is 17.9 Å². The van der Waals surface area contributed by atoms with Crippen molar-refractivity contribution in [3.8, 4) is 11.5 Å². The number of rotatable bonds is 5. The Morgan fingerprint density at radius 3 is 2.56 bits per heavy atom. The quantitative estimate of drug-likeness (QED) is 0.826. The molecule has 1 aliphatic heterocycles. The fourth-order valence-corrected chi connectivity index (χ4v) is 3.24. The number of hydrogen-bond donors (Lipinski definition) is 1. The second-order valence-electron chi connectivity index (χ2n) is 6.12. The van der Waals surface area contributed by atoms with Gasteiger partial charge >= 0.3 is 0 Å². The third-order valence-corrected chi connectivity index (χ3v) is 4.59. The van der Waals surface area contributed by atoms with Gasteiger partial charge in [0.05, 0.1) is 14.2 Å². The first kappa shape index (κ1) is 18.5. The molecule has 0 saturated heterocycles. The van der Waals surface area contributed by atoms with Crippen molar-refractivity contribution in [2.24, 2.45) is 0 Å². The van der Waals surface area contributed by atoms with Gasteiger partial charge in [-0.2, -0.15) is 0 Å². The van der Waals surface area contributed by atoms with Gasteiger partial charge in [-0.15, -0.1) is 0 Å². The van der Waals surface area contributed by atoms with Crippen LogP contribution < -0.4 is 19.7 Å². The van der Waals surface area contributed by atoms with Crippen molar-refractivity contribution >= 4 is 23.6 Å². The third kappa shape index (κ3) is 3.65. The molecule has 1 aliphatic rings. The Hall–Kier alpha value is -3.28. The predicted molar refractivity (Wildman–Crippen MR) is 104 cm³/mol. The summed E-state index contributed by atoms with van der Waals surface area (Å²) in [5.74, 6) is 0.776. The van der Waals surface area contributed by atoms with Gasteiger partial charge in [0.2, 0.25) is 5.91 Å². The van der Waals surface area contributed by atoms with Crippen molar-refractivity contribution in [3.63, 3.8) is 0 Å². The van der Waals surface area contributed by atoms with Gasteiger partial charge in [-0.3, -0.25) is 14.5 Å². The number of benzene rings is 2. The Labute approximate surface area is 158 Å². The summed E-state index contributed by atoms with van der Waals surface area (Å²) in [4.78, 5) is 26.7. The van der Waals surface area contributed by atoms with Gasteiger partial charge in [0.1, 0.15) is 6.04 Å². The van der Waals surface area contributed by atoms with Crippen LogP contribution in [0.15, 0.2) is 48.5 Å². The molecule has 6 heteroatoms. The highest BCUT2D eigenvalue weighted by Crippen LogP contribution is 2.33. The molecule has 1 N–H and O–H groups in total. The first-order chi connectivity index (χ1) is 13.1. The number of carbonyl (C=O) groups is 2. The second-order valence-corrected chi connectivity index (χ2v) is 6.12. The van der Waals surface area contributed by atoms with Crippen LogP contribution in [0, 0.1) is 0 Å². The Kier molecular flexibility index (Phi) is 5.45. The van der Waals surface area contributed by atoms with E-state index in [0.717, 1.165) is 16.8 Å². The maximum absolute atomic E-state index is 12.9. The molecular formula is C21H22N2O4. The third-order valence-electron chi connectivity index (χ3n) is 4.59. The number of nitrogens with one attached hydrogen (secondary N) is 1. The summed E-state index contributed by atoms with van der Waals surface area (Å²) in [6, 6.07) is 12.4. The molecule has 1 heterocycles. The summed E-state index contributed by atoms with van der Waals surface area (Å²) >= 11 is 0. The molecule has 0 bridgehead atoms. The minimum atomic E-state index is -0.546. The monoisotopic (exact) mass is 366 g/mol. The molecular weight excluding hydrogens is 344 g/mol. The number of amides is 2. The molecule has 0 saturated carbocycles. The fourth-order valence-electron chi connectivity index (χ4n) is 3.24. The zero-order valence-corrected chi connectivity index (χ0v) is 15.6. The summed E-state index contributed by atoms with van der Waals surface area (Å²) in [6.07, 6.45) is 3.68. The van der Waals surface area contributed by atoms with E-state index in [1.807, 2.05) is 30.3 Å². The highest BCUT2D eigenvalue weighted by atomic mass is 16.5. The molecule has 2 aromatic carbocycles. The Morgan fingerprint density at radius 2 is 1.85 bits per heavy atom. The molecule has 2 aromatic rings. The first-order valence-corrected chi connectivity index (χ1v) is 8.61. The van der Waals surface area contributed by atoms with Gasteiger partial charge in [-0.05, 0) is 35.4 Å². The fraction of sp³-hybridized carbons (Fsp3) is 0.238. The Bertz CT molecular complexity index is 892. The zero-order valence-electron chi connectivity index (χ0n) is 15.6. The normalized spacial score (nSPS) is 15.5. The summed E-state index contributed by atoms with van der Waals surface area (Å²) in [5.41, 5.74) is 2.55. The van der Waals surface area contributed by atoms with Crippen molar-refractivity contribution in [1.29, 1.82) is 0 Å². The summed E-state index contributed by atoms with van der Waals surface area (Å²) in [7, 11) is 4.71. The van der Waals surface area contributed by atoms with Gasteiger partial charge in [0, 0.05) is 25.2 Å². The Balaban J connectivity index is 1.87. The lowest BCUT2D eigenvalue weighted by molar-refractivity contribution is -0.124. The minimum absolute atomic E-state index is 0.181. The van der Waals surface area contributed by atoms with Crippen molar-refractivity contribution in [3.05, 3.63) is 59.7 Å². The SMILES string of the molecule is CNC(=O)C1Cc2ccccc2N1C(=O)/C=C\c1ccc(OC)c(OC)c1. The number of para-hydroxylation sites is 1. The van der Waals surface area contributed by atoms with Crippen LogP contribution in [0.25, 0.3) is 6.08 Å². The second kappa shape index (κ2) is 7.95. The lowest BCUT2D eigenvalue weighted by atomic mass is 10.1. The number of anilines is 1. The average molecular weight is 366 g/mol. The van der Waals surface area contributed by atoms with Crippen molar-refractivity contribution in [2.75, 3.05) is 26.2 Å². The van der Waals surface area contributed by atoms with Crippen LogP contribution in [-0.4, -0.2) is 39.1 Å². The molecule has 0 fully saturated rings. The van der Waals surface area contributed by atoms with Crippen LogP contribution in [0.4, 0.5) is 5.69 Å². The van der Waals surface area contributed by atoms with Crippen LogP contribution in [0.5, 0.6) is 11.5 Å². The molecule has 27 heavy (non-hydrogen) atoms. The van der Waals surface area contributed by atoms with Crippen LogP contribution in [0.2, 0.25) is 0 Å². The number of likely N-dealkylation sites (N-methyl/N-ethyl adjacent to an activating group) is 1. The number of hydrogen-bond acceptors (Lipinski definition) is 4. The predicted octanol–water partition coefficient (Wildman–Crippen LogP) is 2.42. The van der Waals surface area contributed by atoms with E-state index in [-0.39, 0.29) is 11.8 Å². The molecule has 6 nitrogen and oxygen atoms in total. The molecule has 0 radical (unpaired) electrons. The minimum Gasteiger partial charge on any atom is -0.493 e. The number of methoxy groups -OCH3 is 2. The largest absolute Gasteiger partial charge is 0.493 e. The zero-order chi connectivity index (χ0) is 19.4. The van der Waals surface area contributed by atoms with Crippen LogP contribution in [0.3, 0.4) is 0 Å². The lowest BCUT2D eigenvalue weighted by Crippen LogP contribution is -2.46. The van der Waals surface area contributed by atoms with E-state index < -0.39 is 6.04 Å². The lowest BCUT2D eigenvalue weighted by Gasteiger charge is -2.23. The number of fused-ring (bicyclic) bond motifs is 1. The number of ether oxygens (including phenoxy) is 2. The van der Waals surface area contributed by atoms with E-state index in [2.05, 4.69) is 5.32 Å². The molecule has 0 spiro atoms. The van der Waals surface area contributed by atoms with Gasteiger partial charge in [0.25, 0.3) is 5.91 Å². The van der Waals surface area contributed by atoms with E-state index in [1.54, 1.807) is 44.4 Å². The molecule has 0 aliphatic carbocycles. The standard InChI is InChI=1S/C21H22N2O4/c1-22-21(25)17-13-15-6-4-5-7-16(15)23(17)20(24)11-9-14-8-10-18(26-2)19(12-14)27-3/h4-12,17H,13H2,1-3H3,(H,22,25)/b11-9-. The van der Waals surface area contributed by atoms with Crippen molar-refractivity contribution in [2.45, 2.75) is 12.5 Å². The average Bonchev–Trinajstić information content (AvgIpc) is 3.10. The van der Waals surface area contributed by atoms with E-state index in [9.17, 15) is 9.59 Å². The summed E-state index contributed by atoms with van der Waals surface area (Å²) in [5, 5.41) is 2.64. The van der Waals surface area contributed by atoms with Crippen LogP contribution >= 0.6 is 0 Å². The maximum atomic E-state index is 12.9. The smallest absolute Gasteiger partial charge is 0.251 e. The van der Waals surface area contributed by atoms with Gasteiger partial charge in [-0.1, -0.05) is 24.3 Å². The summed E-state index contributed by atoms with van der Waals surface area (Å²) in [6.45, 7) is 0. The van der Waals surface area contributed by atoms with Gasteiger partial charge in [-0.25, -0.2) is 0 Å².